The van der Waals surface area contributed by atoms with Crippen molar-refractivity contribution in [3.63, 3.8) is 0 Å². The third kappa shape index (κ3) is 4.30. The van der Waals surface area contributed by atoms with E-state index < -0.39 is 0 Å². The van der Waals surface area contributed by atoms with Crippen LogP contribution in [0, 0.1) is 0 Å². The van der Waals surface area contributed by atoms with E-state index >= 15 is 0 Å². The zero-order valence-electron chi connectivity index (χ0n) is 16.8. The van der Waals surface area contributed by atoms with Crippen LogP contribution in [0.1, 0.15) is 18.1 Å². The number of rotatable bonds is 7. The Labute approximate surface area is 174 Å². The van der Waals surface area contributed by atoms with Crippen molar-refractivity contribution in [2.24, 2.45) is 0 Å². The summed E-state index contributed by atoms with van der Waals surface area (Å²) in [5, 5.41) is 11.4. The van der Waals surface area contributed by atoms with E-state index in [1.54, 1.807) is 6.07 Å². The molecule has 1 N–H and O–H groups in total. The quantitative estimate of drug-likeness (QED) is 0.516. The van der Waals surface area contributed by atoms with Crippen LogP contribution < -0.4 is 10.9 Å². The van der Waals surface area contributed by atoms with Gasteiger partial charge >= 0.3 is 0 Å². The number of carbonyl (C=O) groups excluding carboxylic acids is 1. The minimum Gasteiger partial charge on any atom is -0.354 e. The number of hydrogen-bond donors (Lipinski definition) is 1. The van der Waals surface area contributed by atoms with Gasteiger partial charge in [-0.25, -0.2) is 9.20 Å². The Morgan fingerprint density at radius 1 is 1.03 bits per heavy atom. The van der Waals surface area contributed by atoms with Crippen LogP contribution >= 0.6 is 0 Å². The van der Waals surface area contributed by atoms with Crippen molar-refractivity contribution >= 4 is 11.4 Å². The molecule has 30 heavy (non-hydrogen) atoms. The topological polar surface area (TPSA) is 81.3 Å². The van der Waals surface area contributed by atoms with Gasteiger partial charge in [0.25, 0.3) is 5.56 Å². The fourth-order valence-electron chi connectivity index (χ4n) is 3.29. The van der Waals surface area contributed by atoms with Gasteiger partial charge in [-0.1, -0.05) is 61.5 Å². The first-order valence-corrected chi connectivity index (χ1v) is 9.99. The molecule has 0 saturated carbocycles. The first kappa shape index (κ1) is 19.6. The fourth-order valence-corrected chi connectivity index (χ4v) is 3.29. The number of amides is 1. The van der Waals surface area contributed by atoms with E-state index in [1.807, 2.05) is 42.5 Å². The molecule has 0 unspecified atom stereocenters. The molecule has 0 radical (unpaired) electrons. The van der Waals surface area contributed by atoms with E-state index in [2.05, 4.69) is 34.6 Å². The van der Waals surface area contributed by atoms with Gasteiger partial charge in [-0.3, -0.25) is 9.59 Å². The summed E-state index contributed by atoms with van der Waals surface area (Å²) in [7, 11) is 0. The summed E-state index contributed by atoms with van der Waals surface area (Å²) in [4.78, 5) is 25.0. The molecule has 0 atom stereocenters. The first-order chi connectivity index (χ1) is 14.6. The predicted molar refractivity (Wildman–Crippen MR) is 115 cm³/mol. The van der Waals surface area contributed by atoms with Crippen LogP contribution in [-0.4, -0.2) is 31.8 Å². The molecule has 0 bridgehead atoms. The van der Waals surface area contributed by atoms with Crippen LogP contribution in [0.3, 0.4) is 0 Å². The number of nitrogens with zero attached hydrogens (tertiary/aromatic N) is 4. The van der Waals surface area contributed by atoms with E-state index in [0.29, 0.717) is 17.8 Å². The molecule has 7 nitrogen and oxygen atoms in total. The summed E-state index contributed by atoms with van der Waals surface area (Å²) in [6, 6.07) is 19.7. The van der Waals surface area contributed by atoms with Gasteiger partial charge in [0.15, 0.2) is 0 Å². The molecule has 0 saturated heterocycles. The van der Waals surface area contributed by atoms with Gasteiger partial charge in [-0.05, 0) is 30.0 Å². The summed E-state index contributed by atoms with van der Waals surface area (Å²) in [5.41, 5.74) is 4.05. The number of benzene rings is 2. The molecule has 0 spiro atoms. The van der Waals surface area contributed by atoms with Crippen LogP contribution in [-0.2, 0) is 24.2 Å². The number of carbonyl (C=O) groups is 1. The van der Waals surface area contributed by atoms with E-state index in [0.717, 1.165) is 24.0 Å². The lowest BCUT2D eigenvalue weighted by atomic mass is 10.1. The molecule has 4 rings (SSSR count). The lowest BCUT2D eigenvalue weighted by molar-refractivity contribution is -0.121. The van der Waals surface area contributed by atoms with Crippen molar-refractivity contribution in [2.75, 3.05) is 6.54 Å². The van der Waals surface area contributed by atoms with Gasteiger partial charge in [-0.15, -0.1) is 0 Å². The van der Waals surface area contributed by atoms with Crippen molar-refractivity contribution in [1.29, 1.82) is 0 Å². The van der Waals surface area contributed by atoms with Crippen molar-refractivity contribution < 1.29 is 4.79 Å². The predicted octanol–water partition coefficient (Wildman–Crippen LogP) is 2.48. The number of aromatic nitrogens is 4. The minimum absolute atomic E-state index is 0.129. The maximum absolute atomic E-state index is 12.8. The second kappa shape index (κ2) is 8.73. The normalized spacial score (nSPS) is 11.0. The first-order valence-electron chi connectivity index (χ1n) is 9.99. The van der Waals surface area contributed by atoms with Crippen molar-refractivity contribution in [1.82, 2.24) is 24.7 Å². The molecule has 0 aliphatic heterocycles. The summed E-state index contributed by atoms with van der Waals surface area (Å²) >= 11 is 0. The van der Waals surface area contributed by atoms with Crippen molar-refractivity contribution in [3.05, 3.63) is 88.5 Å². The molecular formula is C23H23N5O2. The van der Waals surface area contributed by atoms with Gasteiger partial charge < -0.3 is 5.32 Å². The maximum atomic E-state index is 12.8. The molecule has 7 heteroatoms. The van der Waals surface area contributed by atoms with E-state index in [9.17, 15) is 9.59 Å². The molecule has 0 aliphatic rings. The van der Waals surface area contributed by atoms with Crippen LogP contribution in [0.2, 0.25) is 0 Å². The monoisotopic (exact) mass is 401 g/mol. The highest BCUT2D eigenvalue weighted by Crippen LogP contribution is 2.19. The molecule has 2 heterocycles. The average molecular weight is 401 g/mol. The Hall–Kier alpha value is -3.74. The average Bonchev–Trinajstić information content (AvgIpc) is 3.22. The maximum Gasteiger partial charge on any atom is 0.293 e. The summed E-state index contributed by atoms with van der Waals surface area (Å²) in [6.07, 6.45) is 3.15. The zero-order valence-corrected chi connectivity index (χ0v) is 16.8. The number of aryl methyl sites for hydroxylation is 1. The van der Waals surface area contributed by atoms with E-state index in [4.69, 9.17) is 0 Å². The van der Waals surface area contributed by atoms with Gasteiger partial charge in [0.2, 0.25) is 5.91 Å². The molecular weight excluding hydrogens is 378 g/mol. The van der Waals surface area contributed by atoms with Crippen LogP contribution in [0.4, 0.5) is 0 Å². The van der Waals surface area contributed by atoms with Gasteiger partial charge in [0.1, 0.15) is 18.4 Å². The Bertz CT molecular complexity index is 1210. The van der Waals surface area contributed by atoms with Crippen LogP contribution in [0.5, 0.6) is 0 Å². The Balaban J connectivity index is 1.46. The third-order valence-corrected chi connectivity index (χ3v) is 5.02. The Kier molecular flexibility index (Phi) is 5.70. The van der Waals surface area contributed by atoms with Crippen LogP contribution in [0.15, 0.2) is 71.8 Å². The van der Waals surface area contributed by atoms with Gasteiger partial charge in [-0.2, -0.15) is 10.2 Å². The lowest BCUT2D eigenvalue weighted by Crippen LogP contribution is -2.35. The Morgan fingerprint density at radius 3 is 2.53 bits per heavy atom. The molecule has 1 amide bonds. The molecule has 0 aliphatic carbocycles. The lowest BCUT2D eigenvalue weighted by Gasteiger charge is -2.07. The summed E-state index contributed by atoms with van der Waals surface area (Å²) < 4.78 is 2.62. The van der Waals surface area contributed by atoms with Crippen molar-refractivity contribution in [2.45, 2.75) is 26.3 Å². The molecule has 0 fully saturated rings. The highest BCUT2D eigenvalue weighted by atomic mass is 16.2. The Morgan fingerprint density at radius 2 is 1.80 bits per heavy atom. The molecule has 4 aromatic rings. The van der Waals surface area contributed by atoms with Gasteiger partial charge in [0.05, 0.1) is 5.69 Å². The standard InChI is InChI=1S/C23H23N5O2/c1-2-17-8-10-19(11-9-17)20-14-21-23(30)27(25-16-28(21)26-20)15-22(29)24-13-12-18-6-4-3-5-7-18/h3-11,14,16H,2,12-13,15H2,1H3,(H,24,29). The second-order valence-corrected chi connectivity index (χ2v) is 7.09. The van der Waals surface area contributed by atoms with Crippen LogP contribution in [0.25, 0.3) is 16.8 Å². The molecule has 2 aromatic heterocycles. The smallest absolute Gasteiger partial charge is 0.293 e. The minimum atomic E-state index is -0.348. The number of nitrogens with one attached hydrogen (secondary N) is 1. The molecule has 2 aromatic carbocycles. The SMILES string of the molecule is CCc1ccc(-c2cc3c(=O)n(CC(=O)NCCc4ccccc4)ncn3n2)cc1. The summed E-state index contributed by atoms with van der Waals surface area (Å²) in [5.74, 6) is -0.250. The third-order valence-electron chi connectivity index (χ3n) is 5.02. The number of hydrogen-bond acceptors (Lipinski definition) is 4. The van der Waals surface area contributed by atoms with E-state index in [-0.39, 0.29) is 18.0 Å². The van der Waals surface area contributed by atoms with E-state index in [1.165, 1.54) is 21.1 Å². The van der Waals surface area contributed by atoms with Gasteiger partial charge in [0, 0.05) is 12.1 Å². The highest BCUT2D eigenvalue weighted by molar-refractivity contribution is 5.75. The molecule has 152 valence electrons. The second-order valence-electron chi connectivity index (χ2n) is 7.09. The largest absolute Gasteiger partial charge is 0.354 e. The van der Waals surface area contributed by atoms with Crippen molar-refractivity contribution in [3.8, 4) is 11.3 Å². The zero-order chi connectivity index (χ0) is 20.9. The summed E-state index contributed by atoms with van der Waals surface area (Å²) in [6.45, 7) is 2.48. The fraction of sp³-hybridized carbons (Fsp3) is 0.217. The highest BCUT2D eigenvalue weighted by Gasteiger charge is 2.12. The number of fused-ring (bicyclic) bond motifs is 1.